The molecule has 0 aliphatic rings. The second-order valence-electron chi connectivity index (χ2n) is 5.94. The fourth-order valence-electron chi connectivity index (χ4n) is 2.60. The predicted octanol–water partition coefficient (Wildman–Crippen LogP) is 3.60. The maximum Gasteiger partial charge on any atom is 0.150 e. The average molecular weight is 346 g/mol. The van der Waals surface area contributed by atoms with Gasteiger partial charge in [0.1, 0.15) is 15.6 Å². The van der Waals surface area contributed by atoms with Crippen molar-refractivity contribution in [3.63, 3.8) is 0 Å². The lowest BCUT2D eigenvalue weighted by molar-refractivity contribution is 0.112. The smallest absolute Gasteiger partial charge is 0.150 e. The summed E-state index contributed by atoms with van der Waals surface area (Å²) >= 11 is 0. The van der Waals surface area contributed by atoms with E-state index in [1.807, 2.05) is 50.2 Å². The van der Waals surface area contributed by atoms with Gasteiger partial charge in [0.15, 0.2) is 6.29 Å². The van der Waals surface area contributed by atoms with Gasteiger partial charge in [0, 0.05) is 11.8 Å². The molecule has 0 bridgehead atoms. The Morgan fingerprint density at radius 3 is 2.29 bits per heavy atom. The number of hydrogen-bond acceptors (Lipinski definition) is 4. The van der Waals surface area contributed by atoms with Crippen molar-refractivity contribution in [3.8, 4) is 16.9 Å². The number of aldehydes is 1. The monoisotopic (exact) mass is 346 g/mol. The van der Waals surface area contributed by atoms with Crippen LogP contribution in [0.1, 0.15) is 27.9 Å². The van der Waals surface area contributed by atoms with Crippen LogP contribution in [-0.4, -0.2) is 33.3 Å². The van der Waals surface area contributed by atoms with Gasteiger partial charge < -0.3 is 4.74 Å². The minimum Gasteiger partial charge on any atom is -0.494 e. The zero-order chi connectivity index (χ0) is 17.7. The van der Waals surface area contributed by atoms with Crippen molar-refractivity contribution in [2.75, 3.05) is 18.6 Å². The van der Waals surface area contributed by atoms with Crippen LogP contribution >= 0.6 is 0 Å². The molecule has 0 aliphatic carbocycles. The van der Waals surface area contributed by atoms with Crippen molar-refractivity contribution in [1.82, 2.24) is 0 Å². The van der Waals surface area contributed by atoms with Crippen LogP contribution in [0, 0.1) is 13.8 Å². The summed E-state index contributed by atoms with van der Waals surface area (Å²) < 4.78 is 27.7. The van der Waals surface area contributed by atoms with Crippen LogP contribution in [0.5, 0.6) is 5.75 Å². The zero-order valence-electron chi connectivity index (χ0n) is 14.2. The topological polar surface area (TPSA) is 60.4 Å². The summed E-state index contributed by atoms with van der Waals surface area (Å²) in [5, 5.41) is 0. The van der Waals surface area contributed by atoms with E-state index in [0.29, 0.717) is 18.8 Å². The molecule has 2 aromatic carbocycles. The summed E-state index contributed by atoms with van der Waals surface area (Å²) in [4.78, 5) is 11.2. The van der Waals surface area contributed by atoms with Crippen molar-refractivity contribution in [2.45, 2.75) is 20.3 Å². The van der Waals surface area contributed by atoms with Gasteiger partial charge in [0.2, 0.25) is 0 Å². The zero-order valence-corrected chi connectivity index (χ0v) is 15.0. The van der Waals surface area contributed by atoms with Gasteiger partial charge in [-0.3, -0.25) is 4.79 Å². The van der Waals surface area contributed by atoms with E-state index in [9.17, 15) is 13.2 Å². The van der Waals surface area contributed by atoms with Crippen molar-refractivity contribution in [2.24, 2.45) is 0 Å². The van der Waals surface area contributed by atoms with Crippen molar-refractivity contribution < 1.29 is 17.9 Å². The Bertz CT molecular complexity index is 821. The van der Waals surface area contributed by atoms with E-state index < -0.39 is 9.84 Å². The highest BCUT2D eigenvalue weighted by molar-refractivity contribution is 7.90. The molecule has 0 saturated heterocycles. The first-order valence-corrected chi connectivity index (χ1v) is 9.84. The van der Waals surface area contributed by atoms with Gasteiger partial charge in [-0.15, -0.1) is 0 Å². The Balaban J connectivity index is 2.09. The molecule has 2 rings (SSSR count). The lowest BCUT2D eigenvalue weighted by atomic mass is 9.94. The number of aryl methyl sites for hydroxylation is 1. The summed E-state index contributed by atoms with van der Waals surface area (Å²) in [7, 11) is -2.94. The predicted molar refractivity (Wildman–Crippen MR) is 96.6 cm³/mol. The molecule has 0 heterocycles. The number of carbonyl (C=O) groups excluding carboxylic acids is 1. The van der Waals surface area contributed by atoms with Crippen LogP contribution in [0.2, 0.25) is 0 Å². The molecule has 0 N–H and O–H groups in total. The SMILES string of the molecule is Cc1ccc(-c2ccc(OCCCS(C)(=O)=O)cc2)c(C)c1C=O. The van der Waals surface area contributed by atoms with Crippen LogP contribution in [0.15, 0.2) is 36.4 Å². The second-order valence-corrected chi connectivity index (χ2v) is 8.20. The molecule has 4 nitrogen and oxygen atoms in total. The Hall–Kier alpha value is -2.14. The van der Waals surface area contributed by atoms with Gasteiger partial charge in [0.05, 0.1) is 12.4 Å². The number of sulfone groups is 1. The number of benzene rings is 2. The molecule has 0 amide bonds. The van der Waals surface area contributed by atoms with Gasteiger partial charge in [-0.05, 0) is 54.7 Å². The molecule has 0 fully saturated rings. The number of hydrogen-bond donors (Lipinski definition) is 0. The first-order valence-electron chi connectivity index (χ1n) is 7.78. The van der Waals surface area contributed by atoms with Gasteiger partial charge in [-0.1, -0.05) is 24.3 Å². The number of carbonyl (C=O) groups is 1. The fraction of sp³-hybridized carbons (Fsp3) is 0.316. The van der Waals surface area contributed by atoms with Crippen molar-refractivity contribution >= 4 is 16.1 Å². The molecule has 5 heteroatoms. The third-order valence-corrected chi connectivity index (χ3v) is 4.97. The minimum atomic E-state index is -2.94. The molecule has 2 aromatic rings. The molecule has 128 valence electrons. The summed E-state index contributed by atoms with van der Waals surface area (Å²) in [5.74, 6) is 0.829. The summed E-state index contributed by atoms with van der Waals surface area (Å²) in [6.45, 7) is 4.24. The Morgan fingerprint density at radius 1 is 1.04 bits per heavy atom. The molecular formula is C19H22O4S. The maximum absolute atomic E-state index is 11.2. The quantitative estimate of drug-likeness (QED) is 0.568. The van der Waals surface area contributed by atoms with E-state index >= 15 is 0 Å². The largest absolute Gasteiger partial charge is 0.494 e. The summed E-state index contributed by atoms with van der Waals surface area (Å²) in [5.41, 5.74) is 4.70. The third kappa shape index (κ3) is 4.68. The molecular weight excluding hydrogens is 324 g/mol. The second kappa shape index (κ2) is 7.62. The van der Waals surface area contributed by atoms with Gasteiger partial charge in [-0.25, -0.2) is 8.42 Å². The highest BCUT2D eigenvalue weighted by atomic mass is 32.2. The molecule has 0 aliphatic heterocycles. The van der Waals surface area contributed by atoms with E-state index in [2.05, 4.69) is 0 Å². The molecule has 0 saturated carbocycles. The first kappa shape index (κ1) is 18.2. The van der Waals surface area contributed by atoms with Crippen LogP contribution < -0.4 is 4.74 Å². The minimum absolute atomic E-state index is 0.127. The molecule has 0 radical (unpaired) electrons. The lowest BCUT2D eigenvalue weighted by Gasteiger charge is -2.12. The van der Waals surface area contributed by atoms with Gasteiger partial charge >= 0.3 is 0 Å². The number of ether oxygens (including phenoxy) is 1. The van der Waals surface area contributed by atoms with E-state index in [-0.39, 0.29) is 5.75 Å². The molecule has 24 heavy (non-hydrogen) atoms. The summed E-state index contributed by atoms with van der Waals surface area (Å²) in [6.07, 6.45) is 2.59. The fourth-order valence-corrected chi connectivity index (χ4v) is 3.24. The van der Waals surface area contributed by atoms with E-state index in [1.54, 1.807) is 0 Å². The molecule has 0 atom stereocenters. The van der Waals surface area contributed by atoms with Crippen molar-refractivity contribution in [3.05, 3.63) is 53.1 Å². The molecule has 0 unspecified atom stereocenters. The van der Waals surface area contributed by atoms with Crippen LogP contribution in [0.3, 0.4) is 0 Å². The first-order chi connectivity index (χ1) is 11.3. The van der Waals surface area contributed by atoms with Gasteiger partial charge in [0.25, 0.3) is 0 Å². The average Bonchev–Trinajstić information content (AvgIpc) is 2.52. The van der Waals surface area contributed by atoms with Crippen LogP contribution in [0.4, 0.5) is 0 Å². The molecule has 0 aromatic heterocycles. The van der Waals surface area contributed by atoms with Crippen LogP contribution in [-0.2, 0) is 9.84 Å². The standard InChI is InChI=1S/C19H22O4S/c1-14-5-10-18(15(2)19(14)13-20)16-6-8-17(9-7-16)23-11-4-12-24(3,21)22/h5-10,13H,4,11-12H2,1-3H3. The lowest BCUT2D eigenvalue weighted by Crippen LogP contribution is -2.07. The summed E-state index contributed by atoms with van der Waals surface area (Å²) in [6, 6.07) is 11.6. The highest BCUT2D eigenvalue weighted by Gasteiger charge is 2.09. The van der Waals surface area contributed by atoms with Crippen molar-refractivity contribution in [1.29, 1.82) is 0 Å². The van der Waals surface area contributed by atoms with E-state index in [4.69, 9.17) is 4.74 Å². The van der Waals surface area contributed by atoms with E-state index in [0.717, 1.165) is 34.1 Å². The Labute approximate surface area is 143 Å². The van der Waals surface area contributed by atoms with E-state index in [1.165, 1.54) is 6.26 Å². The van der Waals surface area contributed by atoms with Crippen LogP contribution in [0.25, 0.3) is 11.1 Å². The number of rotatable bonds is 7. The highest BCUT2D eigenvalue weighted by Crippen LogP contribution is 2.28. The normalized spacial score (nSPS) is 11.3. The molecule has 0 spiro atoms. The Kier molecular flexibility index (Phi) is 5.78. The Morgan fingerprint density at radius 2 is 1.71 bits per heavy atom. The third-order valence-electron chi connectivity index (χ3n) is 3.94. The van der Waals surface area contributed by atoms with Gasteiger partial charge in [-0.2, -0.15) is 0 Å². The maximum atomic E-state index is 11.2.